The lowest BCUT2D eigenvalue weighted by molar-refractivity contribution is -0.113. The predicted octanol–water partition coefficient (Wildman–Crippen LogP) is 4.48. The van der Waals surface area contributed by atoms with E-state index in [0.29, 0.717) is 10.2 Å². The standard InChI is InChI=1S/C19H19ClN4OS/c1-12-7-9-14(10-8-12)18-22-23-19(24(18)3)26-11-17(25)21-16-6-4-5-15(20)13(16)2/h4-10H,11H2,1-3H3,(H,21,25). The van der Waals surface area contributed by atoms with Gasteiger partial charge in [-0.25, -0.2) is 0 Å². The number of benzene rings is 2. The molecule has 134 valence electrons. The first-order chi connectivity index (χ1) is 12.5. The lowest BCUT2D eigenvalue weighted by Crippen LogP contribution is -2.15. The number of nitrogens with zero attached hydrogens (tertiary/aromatic N) is 3. The van der Waals surface area contributed by atoms with E-state index in [2.05, 4.69) is 15.5 Å². The van der Waals surface area contributed by atoms with Crippen molar-refractivity contribution in [2.45, 2.75) is 19.0 Å². The molecule has 1 heterocycles. The molecule has 0 saturated heterocycles. The van der Waals surface area contributed by atoms with Crippen LogP contribution in [0.3, 0.4) is 0 Å². The average molecular weight is 387 g/mol. The van der Waals surface area contributed by atoms with Crippen LogP contribution in [0.1, 0.15) is 11.1 Å². The summed E-state index contributed by atoms with van der Waals surface area (Å²) >= 11 is 7.43. The molecular formula is C19H19ClN4OS. The summed E-state index contributed by atoms with van der Waals surface area (Å²) in [7, 11) is 1.90. The molecule has 0 bridgehead atoms. The van der Waals surface area contributed by atoms with Crippen molar-refractivity contribution in [2.24, 2.45) is 7.05 Å². The second kappa shape index (κ2) is 7.93. The van der Waals surface area contributed by atoms with Gasteiger partial charge in [-0.1, -0.05) is 59.3 Å². The van der Waals surface area contributed by atoms with Crippen molar-refractivity contribution < 1.29 is 4.79 Å². The van der Waals surface area contributed by atoms with Crippen LogP contribution in [0.5, 0.6) is 0 Å². The molecule has 0 spiro atoms. The van der Waals surface area contributed by atoms with Gasteiger partial charge in [-0.15, -0.1) is 10.2 Å². The van der Waals surface area contributed by atoms with Crippen LogP contribution in [0.25, 0.3) is 11.4 Å². The maximum atomic E-state index is 12.2. The second-order valence-corrected chi connectivity index (χ2v) is 7.33. The molecule has 0 aliphatic carbocycles. The Morgan fingerprint density at radius 2 is 1.88 bits per heavy atom. The minimum atomic E-state index is -0.111. The smallest absolute Gasteiger partial charge is 0.234 e. The van der Waals surface area contributed by atoms with Gasteiger partial charge in [0.15, 0.2) is 11.0 Å². The van der Waals surface area contributed by atoms with Gasteiger partial charge in [0.05, 0.1) is 5.75 Å². The number of nitrogens with one attached hydrogen (secondary N) is 1. The highest BCUT2D eigenvalue weighted by atomic mass is 35.5. The zero-order valence-corrected chi connectivity index (χ0v) is 16.4. The molecule has 1 N–H and O–H groups in total. The summed E-state index contributed by atoms with van der Waals surface area (Å²) in [5, 5.41) is 12.7. The highest BCUT2D eigenvalue weighted by Gasteiger charge is 2.13. The quantitative estimate of drug-likeness (QED) is 0.656. The lowest BCUT2D eigenvalue weighted by atomic mass is 10.1. The number of carbonyl (C=O) groups excluding carboxylic acids is 1. The molecule has 0 fully saturated rings. The van der Waals surface area contributed by atoms with E-state index < -0.39 is 0 Å². The normalized spacial score (nSPS) is 10.8. The molecule has 7 heteroatoms. The number of halogens is 1. The van der Waals surface area contributed by atoms with Crippen molar-refractivity contribution in [2.75, 3.05) is 11.1 Å². The maximum Gasteiger partial charge on any atom is 0.234 e. The monoisotopic (exact) mass is 386 g/mol. The number of hydrogen-bond donors (Lipinski definition) is 1. The molecule has 0 atom stereocenters. The maximum absolute atomic E-state index is 12.2. The molecule has 1 aromatic heterocycles. The van der Waals surface area contributed by atoms with Crippen molar-refractivity contribution in [3.63, 3.8) is 0 Å². The number of aryl methyl sites for hydroxylation is 1. The average Bonchev–Trinajstić information content (AvgIpc) is 2.99. The Morgan fingerprint density at radius 1 is 1.15 bits per heavy atom. The van der Waals surface area contributed by atoms with Gasteiger partial charge in [0.25, 0.3) is 0 Å². The number of carbonyl (C=O) groups is 1. The Morgan fingerprint density at radius 3 is 2.62 bits per heavy atom. The zero-order valence-electron chi connectivity index (χ0n) is 14.8. The van der Waals surface area contributed by atoms with Crippen LogP contribution in [0.4, 0.5) is 5.69 Å². The molecule has 3 rings (SSSR count). The van der Waals surface area contributed by atoms with Crippen LogP contribution >= 0.6 is 23.4 Å². The summed E-state index contributed by atoms with van der Waals surface area (Å²) in [5.41, 5.74) is 3.77. The van der Waals surface area contributed by atoms with Crippen LogP contribution in [0.15, 0.2) is 47.6 Å². The number of hydrogen-bond acceptors (Lipinski definition) is 4. The SMILES string of the molecule is Cc1ccc(-c2nnc(SCC(=O)Nc3cccc(Cl)c3C)n2C)cc1. The molecule has 1 amide bonds. The van der Waals surface area contributed by atoms with Gasteiger partial charge in [0.2, 0.25) is 5.91 Å². The number of amides is 1. The van der Waals surface area contributed by atoms with E-state index >= 15 is 0 Å². The lowest BCUT2D eigenvalue weighted by Gasteiger charge is -2.09. The van der Waals surface area contributed by atoms with E-state index in [1.165, 1.54) is 17.3 Å². The first-order valence-electron chi connectivity index (χ1n) is 8.10. The molecule has 0 unspecified atom stereocenters. The van der Waals surface area contributed by atoms with Gasteiger partial charge in [-0.3, -0.25) is 4.79 Å². The number of anilines is 1. The van der Waals surface area contributed by atoms with Crippen molar-refractivity contribution in [3.05, 3.63) is 58.6 Å². The zero-order chi connectivity index (χ0) is 18.7. The van der Waals surface area contributed by atoms with Crippen LogP contribution in [0.2, 0.25) is 5.02 Å². The fourth-order valence-electron chi connectivity index (χ4n) is 2.45. The number of rotatable bonds is 5. The van der Waals surface area contributed by atoms with E-state index in [1.54, 1.807) is 6.07 Å². The van der Waals surface area contributed by atoms with E-state index in [9.17, 15) is 4.79 Å². The first kappa shape index (κ1) is 18.5. The summed E-state index contributed by atoms with van der Waals surface area (Å²) in [5.74, 6) is 0.907. The van der Waals surface area contributed by atoms with Crippen LogP contribution in [-0.2, 0) is 11.8 Å². The van der Waals surface area contributed by atoms with Crippen LogP contribution in [0, 0.1) is 13.8 Å². The van der Waals surface area contributed by atoms with Crippen molar-refractivity contribution in [1.29, 1.82) is 0 Å². The molecule has 0 aliphatic heterocycles. The van der Waals surface area contributed by atoms with Crippen LogP contribution in [-0.4, -0.2) is 26.4 Å². The van der Waals surface area contributed by atoms with E-state index in [1.807, 2.05) is 61.9 Å². The number of thioether (sulfide) groups is 1. The highest BCUT2D eigenvalue weighted by Crippen LogP contribution is 2.25. The van der Waals surface area contributed by atoms with Gasteiger partial charge >= 0.3 is 0 Å². The third-order valence-corrected chi connectivity index (χ3v) is 5.45. The molecule has 0 radical (unpaired) electrons. The molecular weight excluding hydrogens is 368 g/mol. The summed E-state index contributed by atoms with van der Waals surface area (Å²) in [6, 6.07) is 13.6. The fraction of sp³-hybridized carbons (Fsp3) is 0.211. The van der Waals surface area contributed by atoms with Crippen molar-refractivity contribution >= 4 is 35.0 Å². The van der Waals surface area contributed by atoms with Gasteiger partial charge in [0.1, 0.15) is 0 Å². The Kier molecular flexibility index (Phi) is 5.64. The largest absolute Gasteiger partial charge is 0.325 e. The van der Waals surface area contributed by atoms with E-state index in [0.717, 1.165) is 22.6 Å². The molecule has 5 nitrogen and oxygen atoms in total. The Bertz CT molecular complexity index is 937. The Labute approximate surface area is 161 Å². The third-order valence-electron chi connectivity index (χ3n) is 4.02. The molecule has 0 saturated carbocycles. The van der Waals surface area contributed by atoms with Gasteiger partial charge in [0, 0.05) is 23.3 Å². The molecule has 26 heavy (non-hydrogen) atoms. The first-order valence-corrected chi connectivity index (χ1v) is 9.46. The summed E-state index contributed by atoms with van der Waals surface area (Å²) < 4.78 is 1.90. The Balaban J connectivity index is 1.66. The van der Waals surface area contributed by atoms with Crippen molar-refractivity contribution in [1.82, 2.24) is 14.8 Å². The number of aromatic nitrogens is 3. The minimum Gasteiger partial charge on any atom is -0.325 e. The topological polar surface area (TPSA) is 59.8 Å². The third kappa shape index (κ3) is 4.08. The van der Waals surface area contributed by atoms with Crippen molar-refractivity contribution in [3.8, 4) is 11.4 Å². The summed E-state index contributed by atoms with van der Waals surface area (Å²) in [6.45, 7) is 3.92. The second-order valence-electron chi connectivity index (χ2n) is 5.98. The van der Waals surface area contributed by atoms with E-state index in [4.69, 9.17) is 11.6 Å². The molecule has 2 aromatic carbocycles. The summed E-state index contributed by atoms with van der Waals surface area (Å²) in [6.07, 6.45) is 0. The van der Waals surface area contributed by atoms with Crippen LogP contribution < -0.4 is 5.32 Å². The Hall–Kier alpha value is -2.31. The highest BCUT2D eigenvalue weighted by molar-refractivity contribution is 7.99. The van der Waals surface area contributed by atoms with Gasteiger partial charge in [-0.2, -0.15) is 0 Å². The predicted molar refractivity (Wildman–Crippen MR) is 107 cm³/mol. The molecule has 0 aliphatic rings. The van der Waals surface area contributed by atoms with Gasteiger partial charge < -0.3 is 9.88 Å². The summed E-state index contributed by atoms with van der Waals surface area (Å²) in [4.78, 5) is 12.2. The fourth-order valence-corrected chi connectivity index (χ4v) is 3.34. The van der Waals surface area contributed by atoms with E-state index in [-0.39, 0.29) is 11.7 Å². The minimum absolute atomic E-state index is 0.111. The molecule has 3 aromatic rings. The van der Waals surface area contributed by atoms with Gasteiger partial charge in [-0.05, 0) is 31.5 Å².